The normalized spacial score (nSPS) is 31.2. The van der Waals surface area contributed by atoms with Crippen LogP contribution in [0.15, 0.2) is 29.4 Å². The van der Waals surface area contributed by atoms with Crippen LogP contribution in [0.25, 0.3) is 0 Å². The third kappa shape index (κ3) is 3.64. The van der Waals surface area contributed by atoms with Crippen LogP contribution < -0.4 is 5.32 Å². The lowest BCUT2D eigenvalue weighted by atomic mass is 9.49. The van der Waals surface area contributed by atoms with Gasteiger partial charge in [0, 0.05) is 14.7 Å². The maximum Gasteiger partial charge on any atom is 0.234 e. The number of nitrogens with one attached hydrogen (secondary N) is 2. The SMILES string of the molecule is O=C(CSc1n[nH]c(C23CC4CC(CC(C4)C2)C3)n1)Nc1ccc(I)cc1. The van der Waals surface area contributed by atoms with Gasteiger partial charge in [0.05, 0.1) is 5.75 Å². The Labute approximate surface area is 177 Å². The first-order valence-corrected chi connectivity index (χ1v) is 11.8. The van der Waals surface area contributed by atoms with Crippen LogP contribution in [0.1, 0.15) is 44.3 Å². The summed E-state index contributed by atoms with van der Waals surface area (Å²) in [6.07, 6.45) is 8.08. The van der Waals surface area contributed by atoms with Crippen LogP contribution in [0.4, 0.5) is 5.69 Å². The van der Waals surface area contributed by atoms with Crippen molar-refractivity contribution in [2.75, 3.05) is 11.1 Å². The fourth-order valence-electron chi connectivity index (χ4n) is 5.81. The van der Waals surface area contributed by atoms with Crippen molar-refractivity contribution in [1.29, 1.82) is 0 Å². The zero-order chi connectivity index (χ0) is 18.4. The molecule has 0 radical (unpaired) electrons. The number of rotatable bonds is 5. The van der Waals surface area contributed by atoms with Gasteiger partial charge in [-0.15, -0.1) is 5.10 Å². The Kier molecular flexibility index (Phi) is 4.70. The van der Waals surface area contributed by atoms with E-state index in [0.717, 1.165) is 32.8 Å². The van der Waals surface area contributed by atoms with Crippen molar-refractivity contribution in [2.45, 2.75) is 49.1 Å². The predicted octanol–water partition coefficient (Wildman–Crippen LogP) is 4.61. The number of carbonyl (C=O) groups is 1. The molecule has 4 fully saturated rings. The molecule has 1 heterocycles. The number of nitrogens with zero attached hydrogens (tertiary/aromatic N) is 2. The van der Waals surface area contributed by atoms with E-state index in [0.29, 0.717) is 10.9 Å². The van der Waals surface area contributed by atoms with Crippen molar-refractivity contribution in [3.63, 3.8) is 0 Å². The van der Waals surface area contributed by atoms with E-state index in [1.54, 1.807) is 0 Å². The number of thioether (sulfide) groups is 1. The number of aromatic amines is 1. The molecule has 27 heavy (non-hydrogen) atoms. The molecule has 4 aliphatic rings. The summed E-state index contributed by atoms with van der Waals surface area (Å²) in [7, 11) is 0. The Morgan fingerprint density at radius 2 is 1.78 bits per heavy atom. The molecule has 1 aromatic heterocycles. The van der Waals surface area contributed by atoms with Crippen LogP contribution in [0.2, 0.25) is 0 Å². The van der Waals surface area contributed by atoms with Gasteiger partial charge < -0.3 is 5.32 Å². The average Bonchev–Trinajstić information content (AvgIpc) is 3.11. The zero-order valence-corrected chi connectivity index (χ0v) is 18.1. The molecule has 1 aromatic carbocycles. The minimum atomic E-state index is -0.0256. The van der Waals surface area contributed by atoms with Crippen molar-refractivity contribution in [2.24, 2.45) is 17.8 Å². The van der Waals surface area contributed by atoms with E-state index in [4.69, 9.17) is 4.98 Å². The van der Waals surface area contributed by atoms with Crippen molar-refractivity contribution in [3.8, 4) is 0 Å². The van der Waals surface area contributed by atoms with Crippen molar-refractivity contribution < 1.29 is 4.79 Å². The summed E-state index contributed by atoms with van der Waals surface area (Å²) in [5.41, 5.74) is 1.05. The van der Waals surface area contributed by atoms with Gasteiger partial charge in [-0.2, -0.15) is 0 Å². The van der Waals surface area contributed by atoms with Gasteiger partial charge >= 0.3 is 0 Å². The number of hydrogen-bond donors (Lipinski definition) is 2. The summed E-state index contributed by atoms with van der Waals surface area (Å²) in [5, 5.41) is 11.3. The molecular weight excluding hydrogens is 471 g/mol. The number of benzene rings is 1. The van der Waals surface area contributed by atoms with Gasteiger partial charge in [-0.25, -0.2) is 4.98 Å². The molecule has 4 saturated carbocycles. The number of carbonyl (C=O) groups excluding carboxylic acids is 1. The largest absolute Gasteiger partial charge is 0.325 e. The summed E-state index contributed by atoms with van der Waals surface area (Å²) in [5.74, 6) is 4.03. The topological polar surface area (TPSA) is 70.7 Å². The lowest BCUT2D eigenvalue weighted by molar-refractivity contribution is -0.113. The lowest BCUT2D eigenvalue weighted by Crippen LogP contribution is -2.49. The standard InChI is InChI=1S/C20H23IN4OS/c21-15-1-3-16(4-2-15)22-17(26)11-27-19-23-18(24-25-19)20-8-12-5-13(9-20)7-14(6-12)10-20/h1-4,12-14H,5-11H2,(H,22,26)(H,23,24,25). The van der Waals surface area contributed by atoms with Crippen LogP contribution in [0.3, 0.4) is 0 Å². The number of amides is 1. The Balaban J connectivity index is 1.21. The monoisotopic (exact) mass is 494 g/mol. The predicted molar refractivity (Wildman–Crippen MR) is 115 cm³/mol. The number of hydrogen-bond acceptors (Lipinski definition) is 4. The fraction of sp³-hybridized carbons (Fsp3) is 0.550. The van der Waals surface area contributed by atoms with Crippen LogP contribution in [0.5, 0.6) is 0 Å². The molecule has 1 amide bonds. The maximum atomic E-state index is 12.2. The molecule has 0 saturated heterocycles. The van der Waals surface area contributed by atoms with Gasteiger partial charge in [0.1, 0.15) is 5.82 Å². The van der Waals surface area contributed by atoms with Crippen LogP contribution in [0, 0.1) is 21.3 Å². The first-order chi connectivity index (χ1) is 13.1. The minimum absolute atomic E-state index is 0.0256. The van der Waals surface area contributed by atoms with Crippen molar-refractivity contribution in [3.05, 3.63) is 33.7 Å². The van der Waals surface area contributed by atoms with Crippen molar-refractivity contribution in [1.82, 2.24) is 15.2 Å². The zero-order valence-electron chi connectivity index (χ0n) is 15.1. The van der Waals surface area contributed by atoms with E-state index in [1.165, 1.54) is 50.3 Å². The molecule has 6 rings (SSSR count). The molecule has 0 atom stereocenters. The number of anilines is 1. The first-order valence-electron chi connectivity index (χ1n) is 9.69. The Morgan fingerprint density at radius 3 is 2.41 bits per heavy atom. The van der Waals surface area contributed by atoms with Gasteiger partial charge in [-0.3, -0.25) is 9.89 Å². The smallest absolute Gasteiger partial charge is 0.234 e. The molecule has 4 aliphatic carbocycles. The quantitative estimate of drug-likeness (QED) is 0.471. The minimum Gasteiger partial charge on any atom is -0.325 e. The second-order valence-electron chi connectivity index (χ2n) is 8.51. The van der Waals surface area contributed by atoms with E-state index >= 15 is 0 Å². The highest BCUT2D eigenvalue weighted by Crippen LogP contribution is 2.60. The maximum absolute atomic E-state index is 12.2. The number of halogens is 1. The highest BCUT2D eigenvalue weighted by molar-refractivity contribution is 14.1. The van der Waals surface area contributed by atoms with Gasteiger partial charge in [-0.05, 0) is 103 Å². The average molecular weight is 494 g/mol. The van der Waals surface area contributed by atoms with Gasteiger partial charge in [-0.1, -0.05) is 11.8 Å². The third-order valence-electron chi connectivity index (χ3n) is 6.47. The Hall–Kier alpha value is -1.09. The molecule has 142 valence electrons. The molecule has 0 aliphatic heterocycles. The number of H-pyrrole nitrogens is 1. The van der Waals surface area contributed by atoms with Crippen LogP contribution in [-0.4, -0.2) is 26.8 Å². The molecule has 0 spiro atoms. The molecule has 0 unspecified atom stereocenters. The van der Waals surface area contributed by atoms with Gasteiger partial charge in [0.25, 0.3) is 0 Å². The Morgan fingerprint density at radius 1 is 1.15 bits per heavy atom. The Bertz CT molecular complexity index is 815. The molecule has 2 N–H and O–H groups in total. The summed E-state index contributed by atoms with van der Waals surface area (Å²) >= 11 is 3.66. The second-order valence-corrected chi connectivity index (χ2v) is 10.7. The van der Waals surface area contributed by atoms with Crippen LogP contribution >= 0.6 is 34.4 Å². The van der Waals surface area contributed by atoms with E-state index in [9.17, 15) is 4.79 Å². The second kappa shape index (κ2) is 7.06. The van der Waals surface area contributed by atoms with E-state index in [1.807, 2.05) is 24.3 Å². The molecule has 5 nitrogen and oxygen atoms in total. The fourth-order valence-corrected chi connectivity index (χ4v) is 6.77. The van der Waals surface area contributed by atoms with E-state index in [-0.39, 0.29) is 11.3 Å². The summed E-state index contributed by atoms with van der Waals surface area (Å²) < 4.78 is 1.15. The lowest BCUT2D eigenvalue weighted by Gasteiger charge is -2.55. The van der Waals surface area contributed by atoms with E-state index in [2.05, 4.69) is 38.1 Å². The highest BCUT2D eigenvalue weighted by Gasteiger charge is 2.53. The molecule has 4 bridgehead atoms. The third-order valence-corrected chi connectivity index (χ3v) is 8.03. The van der Waals surface area contributed by atoms with Gasteiger partial charge in [0.15, 0.2) is 0 Å². The first kappa shape index (κ1) is 18.0. The van der Waals surface area contributed by atoms with Crippen LogP contribution in [-0.2, 0) is 10.2 Å². The molecular formula is C20H23IN4OS. The number of aromatic nitrogens is 3. The summed E-state index contributed by atoms with van der Waals surface area (Å²) in [6.45, 7) is 0. The summed E-state index contributed by atoms with van der Waals surface area (Å²) in [6, 6.07) is 7.80. The van der Waals surface area contributed by atoms with Gasteiger partial charge in [0.2, 0.25) is 11.1 Å². The summed E-state index contributed by atoms with van der Waals surface area (Å²) in [4.78, 5) is 17.0. The van der Waals surface area contributed by atoms with E-state index < -0.39 is 0 Å². The van der Waals surface area contributed by atoms with Crippen molar-refractivity contribution >= 4 is 45.9 Å². The molecule has 7 heteroatoms. The highest BCUT2D eigenvalue weighted by atomic mass is 127. The molecule has 2 aromatic rings.